The van der Waals surface area contributed by atoms with Crippen LogP contribution in [-0.4, -0.2) is 23.7 Å². The second-order valence-corrected chi connectivity index (χ2v) is 7.94. The summed E-state index contributed by atoms with van der Waals surface area (Å²) in [6.07, 6.45) is 7.45. The molecular weight excluding hydrogens is 416 g/mol. The van der Waals surface area contributed by atoms with E-state index in [1.54, 1.807) is 12.1 Å². The van der Waals surface area contributed by atoms with Gasteiger partial charge in [-0.3, -0.25) is 0 Å². The van der Waals surface area contributed by atoms with Crippen LogP contribution in [0.25, 0.3) is 11.1 Å². The lowest BCUT2D eigenvalue weighted by atomic mass is 10.1. The molecule has 3 aromatic rings. The second-order valence-electron chi connectivity index (χ2n) is 7.94. The van der Waals surface area contributed by atoms with Gasteiger partial charge in [0, 0.05) is 0 Å². The number of carboxylic acid groups (broad SMARTS) is 1. The van der Waals surface area contributed by atoms with Crippen molar-refractivity contribution < 1.29 is 24.2 Å². The highest BCUT2D eigenvalue weighted by Gasteiger charge is 2.10. The van der Waals surface area contributed by atoms with E-state index in [9.17, 15) is 9.59 Å². The van der Waals surface area contributed by atoms with Crippen LogP contribution in [0.15, 0.2) is 72.8 Å². The molecule has 0 aromatic heterocycles. The lowest BCUT2D eigenvalue weighted by molar-refractivity contribution is 0.0691. The number of unbranched alkanes of at least 4 members (excludes halogenated alkanes) is 5. The van der Waals surface area contributed by atoms with E-state index in [4.69, 9.17) is 14.6 Å². The zero-order valence-electron chi connectivity index (χ0n) is 19.0. The maximum absolute atomic E-state index is 12.3. The van der Waals surface area contributed by atoms with Crippen LogP contribution in [0.4, 0.5) is 0 Å². The van der Waals surface area contributed by atoms with Gasteiger partial charge >= 0.3 is 11.9 Å². The van der Waals surface area contributed by atoms with E-state index in [1.807, 2.05) is 36.4 Å². The Kier molecular flexibility index (Phi) is 9.07. The Balaban J connectivity index is 1.49. The summed E-state index contributed by atoms with van der Waals surface area (Å²) in [6, 6.07) is 20.9. The van der Waals surface area contributed by atoms with Crippen molar-refractivity contribution in [2.24, 2.45) is 0 Å². The molecule has 0 aliphatic carbocycles. The highest BCUT2D eigenvalue weighted by atomic mass is 16.5. The van der Waals surface area contributed by atoms with Gasteiger partial charge in [-0.25, -0.2) is 9.59 Å². The highest BCUT2D eigenvalue weighted by Crippen LogP contribution is 2.25. The molecule has 5 nitrogen and oxygen atoms in total. The standard InChI is InChI=1S/C28H30O5/c1-2-3-4-5-6-7-20-32-25-16-12-21(13-17-25)22-14-18-26(19-15-22)33-28(31)24-10-8-23(9-11-24)27(29)30/h8-19H,2-7,20H2,1H3,(H,29,30). The molecule has 5 heteroatoms. The first-order valence-corrected chi connectivity index (χ1v) is 11.5. The molecule has 0 saturated carbocycles. The van der Waals surface area contributed by atoms with E-state index in [-0.39, 0.29) is 5.56 Å². The van der Waals surface area contributed by atoms with Crippen molar-refractivity contribution in [3.8, 4) is 22.6 Å². The van der Waals surface area contributed by atoms with Crippen molar-refractivity contribution in [3.63, 3.8) is 0 Å². The summed E-state index contributed by atoms with van der Waals surface area (Å²) in [5.74, 6) is -0.286. The third-order valence-corrected chi connectivity index (χ3v) is 5.39. The molecule has 0 heterocycles. The first-order chi connectivity index (χ1) is 16.1. The lowest BCUT2D eigenvalue weighted by Gasteiger charge is -2.09. The van der Waals surface area contributed by atoms with Crippen LogP contribution < -0.4 is 9.47 Å². The zero-order valence-corrected chi connectivity index (χ0v) is 19.0. The lowest BCUT2D eigenvalue weighted by Crippen LogP contribution is -2.09. The zero-order chi connectivity index (χ0) is 23.5. The van der Waals surface area contributed by atoms with Crippen LogP contribution in [0.3, 0.4) is 0 Å². The summed E-state index contributed by atoms with van der Waals surface area (Å²) in [4.78, 5) is 23.2. The molecule has 172 valence electrons. The average Bonchev–Trinajstić information content (AvgIpc) is 2.84. The number of rotatable bonds is 12. The normalized spacial score (nSPS) is 10.6. The van der Waals surface area contributed by atoms with Crippen molar-refractivity contribution in [1.82, 2.24) is 0 Å². The molecular formula is C28H30O5. The predicted octanol–water partition coefficient (Wildman–Crippen LogP) is 7.01. The monoisotopic (exact) mass is 446 g/mol. The van der Waals surface area contributed by atoms with Crippen LogP contribution in [0.1, 0.15) is 66.2 Å². The minimum absolute atomic E-state index is 0.120. The molecule has 0 spiro atoms. The molecule has 0 unspecified atom stereocenters. The van der Waals surface area contributed by atoms with E-state index >= 15 is 0 Å². The van der Waals surface area contributed by atoms with Crippen LogP contribution in [0.2, 0.25) is 0 Å². The third kappa shape index (κ3) is 7.49. The Morgan fingerprint density at radius 2 is 1.18 bits per heavy atom. The van der Waals surface area contributed by atoms with Gasteiger partial charge in [-0.05, 0) is 66.1 Å². The molecule has 0 saturated heterocycles. The van der Waals surface area contributed by atoms with Gasteiger partial charge in [0.1, 0.15) is 11.5 Å². The summed E-state index contributed by atoms with van der Waals surface area (Å²) in [5.41, 5.74) is 2.46. The summed E-state index contributed by atoms with van der Waals surface area (Å²) in [5, 5.41) is 8.94. The summed E-state index contributed by atoms with van der Waals surface area (Å²) < 4.78 is 11.2. The van der Waals surface area contributed by atoms with Crippen LogP contribution in [-0.2, 0) is 0 Å². The highest BCUT2D eigenvalue weighted by molar-refractivity contribution is 5.93. The fraction of sp³-hybridized carbons (Fsp3) is 0.286. The largest absolute Gasteiger partial charge is 0.494 e. The van der Waals surface area contributed by atoms with Crippen molar-refractivity contribution in [1.29, 1.82) is 0 Å². The van der Waals surface area contributed by atoms with Crippen LogP contribution in [0.5, 0.6) is 11.5 Å². The first-order valence-electron chi connectivity index (χ1n) is 11.5. The molecule has 3 aromatic carbocycles. The van der Waals surface area contributed by atoms with Gasteiger partial charge < -0.3 is 14.6 Å². The molecule has 0 amide bonds. The van der Waals surface area contributed by atoms with Gasteiger partial charge in [-0.1, -0.05) is 63.3 Å². The summed E-state index contributed by atoms with van der Waals surface area (Å²) in [7, 11) is 0. The van der Waals surface area contributed by atoms with E-state index < -0.39 is 11.9 Å². The Hall–Kier alpha value is -3.60. The predicted molar refractivity (Wildman–Crippen MR) is 129 cm³/mol. The number of benzene rings is 3. The number of carbonyl (C=O) groups is 2. The Morgan fingerprint density at radius 3 is 1.76 bits per heavy atom. The van der Waals surface area contributed by atoms with Crippen molar-refractivity contribution in [2.75, 3.05) is 6.61 Å². The number of hydrogen-bond acceptors (Lipinski definition) is 4. The van der Waals surface area contributed by atoms with E-state index in [0.29, 0.717) is 11.3 Å². The molecule has 0 fully saturated rings. The topological polar surface area (TPSA) is 72.8 Å². The maximum Gasteiger partial charge on any atom is 0.343 e. The Labute approximate surface area is 195 Å². The molecule has 0 aliphatic rings. The smallest absolute Gasteiger partial charge is 0.343 e. The van der Waals surface area contributed by atoms with Gasteiger partial charge in [-0.15, -0.1) is 0 Å². The number of esters is 1. The number of ether oxygens (including phenoxy) is 2. The van der Waals surface area contributed by atoms with Crippen molar-refractivity contribution >= 4 is 11.9 Å². The van der Waals surface area contributed by atoms with E-state index in [2.05, 4.69) is 6.92 Å². The molecule has 0 radical (unpaired) electrons. The molecule has 33 heavy (non-hydrogen) atoms. The van der Waals surface area contributed by atoms with Gasteiger partial charge in [0.2, 0.25) is 0 Å². The van der Waals surface area contributed by atoms with Gasteiger partial charge in [0.05, 0.1) is 17.7 Å². The molecule has 0 bridgehead atoms. The second kappa shape index (κ2) is 12.4. The first kappa shape index (κ1) is 24.1. The quantitative estimate of drug-likeness (QED) is 0.184. The summed E-state index contributed by atoms with van der Waals surface area (Å²) in [6.45, 7) is 2.97. The number of carboxylic acids is 1. The Morgan fingerprint density at radius 1 is 0.667 bits per heavy atom. The van der Waals surface area contributed by atoms with Crippen molar-refractivity contribution in [2.45, 2.75) is 45.4 Å². The molecule has 0 atom stereocenters. The minimum atomic E-state index is -1.04. The third-order valence-electron chi connectivity index (χ3n) is 5.39. The maximum atomic E-state index is 12.3. The number of hydrogen-bond donors (Lipinski definition) is 1. The molecule has 1 N–H and O–H groups in total. The van der Waals surface area contributed by atoms with Gasteiger partial charge in [-0.2, -0.15) is 0 Å². The SMILES string of the molecule is CCCCCCCCOc1ccc(-c2ccc(OC(=O)c3ccc(C(=O)O)cc3)cc2)cc1. The molecule has 3 rings (SSSR count). The van der Waals surface area contributed by atoms with Crippen molar-refractivity contribution in [3.05, 3.63) is 83.9 Å². The summed E-state index contributed by atoms with van der Waals surface area (Å²) >= 11 is 0. The molecule has 0 aliphatic heterocycles. The minimum Gasteiger partial charge on any atom is -0.494 e. The Bertz CT molecular complexity index is 1020. The van der Waals surface area contributed by atoms with E-state index in [0.717, 1.165) is 29.9 Å². The fourth-order valence-corrected chi connectivity index (χ4v) is 3.45. The number of aromatic carboxylic acids is 1. The van der Waals surface area contributed by atoms with Crippen LogP contribution >= 0.6 is 0 Å². The van der Waals surface area contributed by atoms with Crippen LogP contribution in [0, 0.1) is 0 Å². The van der Waals surface area contributed by atoms with Gasteiger partial charge in [0.25, 0.3) is 0 Å². The number of carbonyl (C=O) groups excluding carboxylic acids is 1. The fourth-order valence-electron chi connectivity index (χ4n) is 3.45. The van der Waals surface area contributed by atoms with E-state index in [1.165, 1.54) is 56.4 Å². The average molecular weight is 447 g/mol. The van der Waals surface area contributed by atoms with Gasteiger partial charge in [0.15, 0.2) is 0 Å².